The third kappa shape index (κ3) is 3.89. The lowest BCUT2D eigenvalue weighted by Crippen LogP contribution is -2.20. The molecule has 0 fully saturated rings. The Hall–Kier alpha value is -1.72. The molecular formula is C15H17ClN2O2S. The number of nitrogen functional groups attached to an aromatic ring is 1. The summed E-state index contributed by atoms with van der Waals surface area (Å²) >= 11 is 7.46. The molecule has 1 heterocycles. The smallest absolute Gasteiger partial charge is 0.340 e. The second-order valence-electron chi connectivity index (χ2n) is 4.56. The van der Waals surface area contributed by atoms with E-state index in [-0.39, 0.29) is 5.97 Å². The predicted molar refractivity (Wildman–Crippen MR) is 88.2 cm³/mol. The summed E-state index contributed by atoms with van der Waals surface area (Å²) in [7, 11) is 1.92. The standard InChI is InChI=1S/C15H17ClN2O2S/c1-3-20-15(19)12-8-10(17)4-6-13(12)18(2)9-11-5-7-14(16)21-11/h4-8H,3,9,17H2,1-2H3. The lowest BCUT2D eigenvalue weighted by atomic mass is 10.1. The van der Waals surface area contributed by atoms with Crippen molar-refractivity contribution in [2.24, 2.45) is 0 Å². The Morgan fingerprint density at radius 3 is 2.76 bits per heavy atom. The number of esters is 1. The average Bonchev–Trinajstić information content (AvgIpc) is 2.84. The number of halogens is 1. The van der Waals surface area contributed by atoms with Crippen LogP contribution in [-0.4, -0.2) is 19.6 Å². The molecule has 1 aromatic heterocycles. The van der Waals surface area contributed by atoms with Gasteiger partial charge in [-0.3, -0.25) is 0 Å². The normalized spacial score (nSPS) is 10.4. The van der Waals surface area contributed by atoms with Gasteiger partial charge < -0.3 is 15.4 Å². The second-order valence-corrected chi connectivity index (χ2v) is 6.36. The van der Waals surface area contributed by atoms with Crippen molar-refractivity contribution in [3.8, 4) is 0 Å². The van der Waals surface area contributed by atoms with Gasteiger partial charge in [0.05, 0.1) is 28.7 Å². The molecule has 0 aliphatic heterocycles. The lowest BCUT2D eigenvalue weighted by Gasteiger charge is -2.21. The van der Waals surface area contributed by atoms with Crippen LogP contribution in [-0.2, 0) is 11.3 Å². The van der Waals surface area contributed by atoms with Crippen LogP contribution in [0.4, 0.5) is 11.4 Å². The summed E-state index contributed by atoms with van der Waals surface area (Å²) in [5, 5.41) is 0. The molecule has 0 unspecified atom stereocenters. The Morgan fingerprint density at radius 2 is 2.14 bits per heavy atom. The highest BCUT2D eigenvalue weighted by Gasteiger charge is 2.16. The topological polar surface area (TPSA) is 55.6 Å². The van der Waals surface area contributed by atoms with Gasteiger partial charge in [0.25, 0.3) is 0 Å². The van der Waals surface area contributed by atoms with Gasteiger partial charge in [0.15, 0.2) is 0 Å². The molecule has 0 spiro atoms. The maximum absolute atomic E-state index is 12.1. The number of hydrogen-bond acceptors (Lipinski definition) is 5. The van der Waals surface area contributed by atoms with Gasteiger partial charge in [-0.05, 0) is 37.3 Å². The van der Waals surface area contributed by atoms with E-state index in [1.807, 2.05) is 30.1 Å². The first-order valence-corrected chi connectivity index (χ1v) is 7.72. The van der Waals surface area contributed by atoms with Gasteiger partial charge in [0.2, 0.25) is 0 Å². The quantitative estimate of drug-likeness (QED) is 0.671. The predicted octanol–water partition coefficient (Wildman–Crippen LogP) is 3.80. The molecule has 0 amide bonds. The van der Waals surface area contributed by atoms with E-state index in [0.29, 0.717) is 24.4 Å². The Bertz CT molecular complexity index is 642. The number of benzene rings is 1. The van der Waals surface area contributed by atoms with E-state index in [4.69, 9.17) is 22.1 Å². The van der Waals surface area contributed by atoms with E-state index in [2.05, 4.69) is 0 Å². The Morgan fingerprint density at radius 1 is 1.38 bits per heavy atom. The maximum Gasteiger partial charge on any atom is 0.340 e. The van der Waals surface area contributed by atoms with Crippen molar-refractivity contribution in [1.29, 1.82) is 0 Å². The fraction of sp³-hybridized carbons (Fsp3) is 0.267. The maximum atomic E-state index is 12.1. The number of carbonyl (C=O) groups excluding carboxylic acids is 1. The highest BCUT2D eigenvalue weighted by molar-refractivity contribution is 7.16. The van der Waals surface area contributed by atoms with Crippen molar-refractivity contribution in [1.82, 2.24) is 0 Å². The minimum atomic E-state index is -0.365. The van der Waals surface area contributed by atoms with Crippen molar-refractivity contribution in [3.63, 3.8) is 0 Å². The highest BCUT2D eigenvalue weighted by atomic mass is 35.5. The van der Waals surface area contributed by atoms with E-state index in [1.54, 1.807) is 19.1 Å². The monoisotopic (exact) mass is 324 g/mol. The minimum absolute atomic E-state index is 0.331. The number of ether oxygens (including phenoxy) is 1. The Kier molecular flexibility index (Phi) is 5.09. The van der Waals surface area contributed by atoms with E-state index < -0.39 is 0 Å². The molecule has 1 aromatic carbocycles. The van der Waals surface area contributed by atoms with Crippen molar-refractivity contribution in [2.45, 2.75) is 13.5 Å². The van der Waals surface area contributed by atoms with Crippen LogP contribution in [0.3, 0.4) is 0 Å². The van der Waals surface area contributed by atoms with Crippen LogP contribution in [0.25, 0.3) is 0 Å². The number of nitrogens with zero attached hydrogens (tertiary/aromatic N) is 1. The zero-order valence-electron chi connectivity index (χ0n) is 11.9. The summed E-state index contributed by atoms with van der Waals surface area (Å²) in [6.45, 7) is 2.77. The van der Waals surface area contributed by atoms with Crippen LogP contribution in [0.2, 0.25) is 4.34 Å². The van der Waals surface area contributed by atoms with E-state index in [0.717, 1.165) is 14.9 Å². The van der Waals surface area contributed by atoms with Gasteiger partial charge in [-0.1, -0.05) is 11.6 Å². The average molecular weight is 325 g/mol. The summed E-state index contributed by atoms with van der Waals surface area (Å²) in [6, 6.07) is 9.09. The van der Waals surface area contributed by atoms with Crippen LogP contribution < -0.4 is 10.6 Å². The van der Waals surface area contributed by atoms with Gasteiger partial charge in [-0.25, -0.2) is 4.79 Å². The van der Waals surface area contributed by atoms with Crippen molar-refractivity contribution < 1.29 is 9.53 Å². The molecule has 0 saturated carbocycles. The SMILES string of the molecule is CCOC(=O)c1cc(N)ccc1N(C)Cc1ccc(Cl)s1. The molecule has 0 atom stereocenters. The molecule has 2 rings (SSSR count). The summed E-state index contributed by atoms with van der Waals surface area (Å²) in [5.41, 5.74) is 7.57. The van der Waals surface area contributed by atoms with Gasteiger partial charge in [-0.15, -0.1) is 11.3 Å². The third-order valence-corrected chi connectivity index (χ3v) is 4.16. The molecule has 0 bridgehead atoms. The number of thiophene rings is 1. The van der Waals surface area contributed by atoms with Crippen LogP contribution in [0.1, 0.15) is 22.2 Å². The van der Waals surface area contributed by atoms with E-state index in [1.165, 1.54) is 11.3 Å². The molecule has 0 aliphatic rings. The number of nitrogens with two attached hydrogens (primary N) is 1. The molecule has 2 aromatic rings. The van der Waals surface area contributed by atoms with E-state index in [9.17, 15) is 4.79 Å². The lowest BCUT2D eigenvalue weighted by molar-refractivity contribution is 0.0527. The fourth-order valence-electron chi connectivity index (χ4n) is 2.01. The highest BCUT2D eigenvalue weighted by Crippen LogP contribution is 2.27. The third-order valence-electron chi connectivity index (χ3n) is 2.95. The molecule has 112 valence electrons. The Balaban J connectivity index is 2.27. The molecule has 21 heavy (non-hydrogen) atoms. The molecule has 0 radical (unpaired) electrons. The molecule has 0 aliphatic carbocycles. The minimum Gasteiger partial charge on any atom is -0.462 e. The zero-order chi connectivity index (χ0) is 15.4. The van der Waals surface area contributed by atoms with Crippen LogP contribution in [0, 0.1) is 0 Å². The zero-order valence-corrected chi connectivity index (χ0v) is 13.5. The van der Waals surface area contributed by atoms with Crippen LogP contribution in [0.15, 0.2) is 30.3 Å². The van der Waals surface area contributed by atoms with Gasteiger partial charge in [-0.2, -0.15) is 0 Å². The number of hydrogen-bond donors (Lipinski definition) is 1. The molecule has 2 N–H and O–H groups in total. The Labute approximate surface area is 133 Å². The van der Waals surface area contributed by atoms with Gasteiger partial charge in [0.1, 0.15) is 0 Å². The second kappa shape index (κ2) is 6.83. The van der Waals surface area contributed by atoms with Crippen molar-refractivity contribution >= 4 is 40.3 Å². The summed E-state index contributed by atoms with van der Waals surface area (Å²) in [6.07, 6.45) is 0. The van der Waals surface area contributed by atoms with Crippen molar-refractivity contribution in [3.05, 3.63) is 45.1 Å². The first-order valence-electron chi connectivity index (χ1n) is 6.53. The van der Waals surface area contributed by atoms with Crippen LogP contribution in [0.5, 0.6) is 0 Å². The summed E-state index contributed by atoms with van der Waals surface area (Å²) in [5.74, 6) is -0.365. The van der Waals surface area contributed by atoms with Crippen molar-refractivity contribution in [2.75, 3.05) is 24.3 Å². The number of carbonyl (C=O) groups is 1. The summed E-state index contributed by atoms with van der Waals surface area (Å²) in [4.78, 5) is 15.2. The summed E-state index contributed by atoms with van der Waals surface area (Å²) < 4.78 is 5.84. The first kappa shape index (κ1) is 15.7. The molecular weight excluding hydrogens is 308 g/mol. The largest absolute Gasteiger partial charge is 0.462 e. The van der Waals surface area contributed by atoms with E-state index >= 15 is 0 Å². The first-order chi connectivity index (χ1) is 10.0. The molecule has 0 saturated heterocycles. The number of rotatable bonds is 5. The van der Waals surface area contributed by atoms with Gasteiger partial charge in [0, 0.05) is 17.6 Å². The molecule has 6 heteroatoms. The number of anilines is 2. The van der Waals surface area contributed by atoms with Gasteiger partial charge >= 0.3 is 5.97 Å². The van der Waals surface area contributed by atoms with Crippen LogP contribution >= 0.6 is 22.9 Å². The fourth-order valence-corrected chi connectivity index (χ4v) is 3.16. The molecule has 4 nitrogen and oxygen atoms in total.